The maximum absolute atomic E-state index is 13.9. The summed E-state index contributed by atoms with van der Waals surface area (Å²) in [5.74, 6) is 0.160. The Morgan fingerprint density at radius 2 is 1.05 bits per heavy atom. The van der Waals surface area contributed by atoms with Crippen LogP contribution in [0.5, 0.6) is 0 Å². The second-order valence-electron chi connectivity index (χ2n) is 5.85. The van der Waals surface area contributed by atoms with Crippen molar-refractivity contribution in [3.8, 4) is 0 Å². The Morgan fingerprint density at radius 3 is 1.60 bits per heavy atom. The standard InChI is InChI=1S/C18H34FI/c1-3-5-7-9-10-11-12-13-15-17(19)18(20)16-14-8-6-4-2/h3-16H2,1-2H3/b18-17-. The molecule has 0 saturated carbocycles. The first-order valence-electron chi connectivity index (χ1n) is 8.75. The Labute approximate surface area is 140 Å². The zero-order valence-electron chi connectivity index (χ0n) is 13.7. The van der Waals surface area contributed by atoms with Crippen LogP contribution in [0.25, 0.3) is 0 Å². The fourth-order valence-electron chi connectivity index (χ4n) is 2.39. The lowest BCUT2D eigenvalue weighted by Gasteiger charge is -2.04. The molecule has 0 unspecified atom stereocenters. The number of unbranched alkanes of at least 4 members (excludes halogenated alkanes) is 10. The normalized spacial score (nSPS) is 12.6. The van der Waals surface area contributed by atoms with Gasteiger partial charge in [0.15, 0.2) is 0 Å². The van der Waals surface area contributed by atoms with E-state index in [0.717, 1.165) is 22.8 Å². The molecule has 0 spiro atoms. The smallest absolute Gasteiger partial charge is 0.109 e. The molecule has 0 saturated heterocycles. The topological polar surface area (TPSA) is 0 Å². The van der Waals surface area contributed by atoms with Crippen LogP contribution in [0.2, 0.25) is 0 Å². The predicted molar refractivity (Wildman–Crippen MR) is 98.1 cm³/mol. The summed E-state index contributed by atoms with van der Waals surface area (Å²) in [6, 6.07) is 0. The average molecular weight is 396 g/mol. The molecule has 0 amide bonds. The van der Waals surface area contributed by atoms with Crippen LogP contribution < -0.4 is 0 Å². The van der Waals surface area contributed by atoms with Gasteiger partial charge in [-0.2, -0.15) is 0 Å². The van der Waals surface area contributed by atoms with Crippen molar-refractivity contribution in [1.29, 1.82) is 0 Å². The molecule has 0 radical (unpaired) electrons. The Bertz CT molecular complexity index is 236. The minimum absolute atomic E-state index is 0.160. The molecular formula is C18H34FI. The summed E-state index contributed by atoms with van der Waals surface area (Å²) >= 11 is 2.21. The summed E-state index contributed by atoms with van der Waals surface area (Å²) in [7, 11) is 0. The molecule has 0 nitrogen and oxygen atoms in total. The fourth-order valence-corrected chi connectivity index (χ4v) is 3.04. The third-order valence-corrected chi connectivity index (χ3v) is 4.92. The first-order chi connectivity index (χ1) is 9.72. The molecule has 0 heterocycles. The highest BCUT2D eigenvalue weighted by atomic mass is 127. The highest BCUT2D eigenvalue weighted by Crippen LogP contribution is 2.25. The van der Waals surface area contributed by atoms with Crippen LogP contribution in [0, 0.1) is 0 Å². The van der Waals surface area contributed by atoms with Crippen molar-refractivity contribution in [2.24, 2.45) is 0 Å². The largest absolute Gasteiger partial charge is 0.211 e. The van der Waals surface area contributed by atoms with Gasteiger partial charge in [0.1, 0.15) is 5.83 Å². The maximum atomic E-state index is 13.9. The van der Waals surface area contributed by atoms with Crippen molar-refractivity contribution in [3.05, 3.63) is 9.41 Å². The number of halogens is 2. The van der Waals surface area contributed by atoms with Gasteiger partial charge in [0.2, 0.25) is 0 Å². The van der Waals surface area contributed by atoms with E-state index in [-0.39, 0.29) is 5.83 Å². The van der Waals surface area contributed by atoms with Crippen molar-refractivity contribution in [1.82, 2.24) is 0 Å². The molecular weight excluding hydrogens is 362 g/mol. The first kappa shape index (κ1) is 20.4. The Hall–Kier alpha value is 0.400. The second-order valence-corrected chi connectivity index (χ2v) is 7.15. The molecule has 0 N–H and O–H groups in total. The van der Waals surface area contributed by atoms with Crippen molar-refractivity contribution < 1.29 is 4.39 Å². The Morgan fingerprint density at radius 1 is 0.650 bits per heavy atom. The quantitative estimate of drug-likeness (QED) is 0.205. The highest BCUT2D eigenvalue weighted by Gasteiger charge is 2.03. The average Bonchev–Trinajstić information content (AvgIpc) is 2.46. The van der Waals surface area contributed by atoms with Crippen LogP contribution >= 0.6 is 22.6 Å². The van der Waals surface area contributed by atoms with Crippen LogP contribution in [-0.2, 0) is 0 Å². The molecule has 2 heteroatoms. The molecule has 120 valence electrons. The zero-order valence-corrected chi connectivity index (χ0v) is 15.8. The summed E-state index contributed by atoms with van der Waals surface area (Å²) in [6.45, 7) is 4.46. The van der Waals surface area contributed by atoms with Crippen molar-refractivity contribution >= 4 is 22.6 Å². The molecule has 0 bridgehead atoms. The van der Waals surface area contributed by atoms with Gasteiger partial charge in [-0.3, -0.25) is 0 Å². The highest BCUT2D eigenvalue weighted by molar-refractivity contribution is 14.1. The summed E-state index contributed by atoms with van der Waals surface area (Å²) in [5.41, 5.74) is 0. The van der Waals surface area contributed by atoms with E-state index in [4.69, 9.17) is 0 Å². The van der Waals surface area contributed by atoms with Crippen molar-refractivity contribution in [2.75, 3.05) is 0 Å². The number of hydrogen-bond acceptors (Lipinski definition) is 0. The van der Waals surface area contributed by atoms with Gasteiger partial charge in [-0.1, -0.05) is 78.1 Å². The van der Waals surface area contributed by atoms with Crippen molar-refractivity contribution in [2.45, 2.75) is 104 Å². The molecule has 0 aromatic rings. The summed E-state index contributed by atoms with van der Waals surface area (Å²) in [5, 5.41) is 0. The Balaban J connectivity index is 3.47. The van der Waals surface area contributed by atoms with E-state index in [1.807, 2.05) is 0 Å². The molecule has 0 fully saturated rings. The van der Waals surface area contributed by atoms with Gasteiger partial charge in [0, 0.05) is 3.58 Å². The molecule has 0 aromatic carbocycles. The van der Waals surface area contributed by atoms with E-state index in [2.05, 4.69) is 36.4 Å². The monoisotopic (exact) mass is 396 g/mol. The van der Waals surface area contributed by atoms with E-state index in [0.29, 0.717) is 6.42 Å². The van der Waals surface area contributed by atoms with E-state index in [9.17, 15) is 4.39 Å². The third-order valence-electron chi connectivity index (χ3n) is 3.79. The fraction of sp³-hybridized carbons (Fsp3) is 0.889. The van der Waals surface area contributed by atoms with Crippen LogP contribution in [0.3, 0.4) is 0 Å². The lowest BCUT2D eigenvalue weighted by Crippen LogP contribution is -1.85. The number of hydrogen-bond donors (Lipinski definition) is 0. The van der Waals surface area contributed by atoms with Gasteiger partial charge in [0.25, 0.3) is 0 Å². The molecule has 0 aliphatic rings. The molecule has 20 heavy (non-hydrogen) atoms. The molecule has 0 aliphatic carbocycles. The van der Waals surface area contributed by atoms with Gasteiger partial charge >= 0.3 is 0 Å². The molecule has 0 aliphatic heterocycles. The summed E-state index contributed by atoms with van der Waals surface area (Å²) < 4.78 is 14.8. The Kier molecular flexibility index (Phi) is 16.1. The SMILES string of the molecule is CCCCCCCCCC/C(F)=C(/I)CCCCCC. The van der Waals surface area contributed by atoms with Gasteiger partial charge in [-0.15, -0.1) is 0 Å². The van der Waals surface area contributed by atoms with Gasteiger partial charge < -0.3 is 0 Å². The van der Waals surface area contributed by atoms with Gasteiger partial charge in [-0.05, 0) is 48.3 Å². The molecule has 0 rings (SSSR count). The predicted octanol–water partition coefficient (Wildman–Crippen LogP) is 8.10. The molecule has 0 atom stereocenters. The van der Waals surface area contributed by atoms with Crippen LogP contribution in [0.4, 0.5) is 4.39 Å². The molecule has 0 aromatic heterocycles. The third kappa shape index (κ3) is 13.4. The zero-order chi connectivity index (χ0) is 15.1. The minimum atomic E-state index is 0.160. The van der Waals surface area contributed by atoms with E-state index in [1.54, 1.807) is 0 Å². The van der Waals surface area contributed by atoms with Crippen LogP contribution in [-0.4, -0.2) is 0 Å². The second kappa shape index (κ2) is 15.8. The number of rotatable bonds is 14. The minimum Gasteiger partial charge on any atom is -0.211 e. The lowest BCUT2D eigenvalue weighted by atomic mass is 10.1. The van der Waals surface area contributed by atoms with E-state index < -0.39 is 0 Å². The van der Waals surface area contributed by atoms with Crippen LogP contribution in [0.1, 0.15) is 104 Å². The van der Waals surface area contributed by atoms with Gasteiger partial charge in [-0.25, -0.2) is 4.39 Å². The first-order valence-corrected chi connectivity index (χ1v) is 9.83. The summed E-state index contributed by atoms with van der Waals surface area (Å²) in [6.07, 6.45) is 16.8. The van der Waals surface area contributed by atoms with Gasteiger partial charge in [0.05, 0.1) is 0 Å². The van der Waals surface area contributed by atoms with Crippen molar-refractivity contribution in [3.63, 3.8) is 0 Å². The number of allylic oxidation sites excluding steroid dienone is 2. The maximum Gasteiger partial charge on any atom is 0.109 e. The van der Waals surface area contributed by atoms with E-state index >= 15 is 0 Å². The summed E-state index contributed by atoms with van der Waals surface area (Å²) in [4.78, 5) is 0. The lowest BCUT2D eigenvalue weighted by molar-refractivity contribution is 0.529. The van der Waals surface area contributed by atoms with E-state index in [1.165, 1.54) is 64.2 Å². The van der Waals surface area contributed by atoms with Crippen LogP contribution in [0.15, 0.2) is 9.41 Å².